The largest absolute Gasteiger partial charge is 0.361 e. The number of aromatic amines is 1. The molecule has 3 aromatic rings. The number of carbonyl (C=O) groups is 2. The molecule has 1 heterocycles. The van der Waals surface area contributed by atoms with Crippen LogP contribution in [0.15, 0.2) is 54.7 Å². The van der Waals surface area contributed by atoms with Gasteiger partial charge in [-0.15, -0.1) is 0 Å². The van der Waals surface area contributed by atoms with Crippen molar-refractivity contribution in [1.29, 1.82) is 0 Å². The number of rotatable bonds is 6. The molecule has 0 saturated carbocycles. The zero-order valence-electron chi connectivity index (χ0n) is 15.1. The smallest absolute Gasteiger partial charge is 0.243 e. The van der Waals surface area contributed by atoms with Gasteiger partial charge in [-0.25, -0.2) is 0 Å². The molecular formula is C21H23N3O2. The normalized spacial score (nSPS) is 10.7. The van der Waals surface area contributed by atoms with Crippen molar-refractivity contribution in [3.8, 4) is 0 Å². The van der Waals surface area contributed by atoms with Gasteiger partial charge in [0.1, 0.15) is 0 Å². The number of hydrogen-bond donors (Lipinski definition) is 2. The number of para-hydroxylation sites is 2. The van der Waals surface area contributed by atoms with Gasteiger partial charge in [-0.3, -0.25) is 9.59 Å². The molecule has 0 atom stereocenters. The van der Waals surface area contributed by atoms with E-state index in [1.165, 1.54) is 4.90 Å². The number of amides is 2. The fourth-order valence-electron chi connectivity index (χ4n) is 3.02. The Morgan fingerprint density at radius 1 is 1.04 bits per heavy atom. The molecule has 0 bridgehead atoms. The standard InChI is InChI=1S/C21H23N3O2/c1-3-15-8-4-6-10-18(15)23-20(25)14-24(2)21(26)12-16-13-22-19-11-7-5-9-17(16)19/h4-11,13,22H,3,12,14H2,1-2H3,(H,23,25). The second-order valence-electron chi connectivity index (χ2n) is 6.34. The van der Waals surface area contributed by atoms with Gasteiger partial charge in [0.2, 0.25) is 11.8 Å². The highest BCUT2D eigenvalue weighted by atomic mass is 16.2. The second kappa shape index (κ2) is 7.87. The lowest BCUT2D eigenvalue weighted by molar-refractivity contribution is -0.132. The number of hydrogen-bond acceptors (Lipinski definition) is 2. The molecule has 26 heavy (non-hydrogen) atoms. The lowest BCUT2D eigenvalue weighted by Gasteiger charge is -2.17. The number of H-pyrrole nitrogens is 1. The van der Waals surface area contributed by atoms with E-state index in [1.54, 1.807) is 7.05 Å². The Bertz CT molecular complexity index is 930. The lowest BCUT2D eigenvalue weighted by atomic mass is 10.1. The van der Waals surface area contributed by atoms with Crippen LogP contribution in [-0.2, 0) is 22.4 Å². The van der Waals surface area contributed by atoms with E-state index in [0.717, 1.165) is 34.1 Å². The molecule has 0 saturated heterocycles. The van der Waals surface area contributed by atoms with Gasteiger partial charge in [-0.1, -0.05) is 43.3 Å². The number of aryl methyl sites for hydroxylation is 1. The maximum Gasteiger partial charge on any atom is 0.243 e. The average molecular weight is 349 g/mol. The van der Waals surface area contributed by atoms with Gasteiger partial charge in [0.25, 0.3) is 0 Å². The highest BCUT2D eigenvalue weighted by Crippen LogP contribution is 2.19. The monoisotopic (exact) mass is 349 g/mol. The Labute approximate surface area is 153 Å². The van der Waals surface area contributed by atoms with Gasteiger partial charge >= 0.3 is 0 Å². The predicted molar refractivity (Wildman–Crippen MR) is 104 cm³/mol. The van der Waals surface area contributed by atoms with E-state index in [1.807, 2.05) is 61.7 Å². The minimum Gasteiger partial charge on any atom is -0.361 e. The third-order valence-corrected chi connectivity index (χ3v) is 4.50. The number of likely N-dealkylation sites (N-methyl/N-ethyl adjacent to an activating group) is 1. The molecule has 2 N–H and O–H groups in total. The van der Waals surface area contributed by atoms with Crippen LogP contribution in [-0.4, -0.2) is 35.3 Å². The zero-order valence-corrected chi connectivity index (χ0v) is 15.1. The summed E-state index contributed by atoms with van der Waals surface area (Å²) in [7, 11) is 1.66. The van der Waals surface area contributed by atoms with Crippen molar-refractivity contribution < 1.29 is 9.59 Å². The summed E-state index contributed by atoms with van der Waals surface area (Å²) >= 11 is 0. The van der Waals surface area contributed by atoms with Crippen LogP contribution in [0, 0.1) is 0 Å². The van der Waals surface area contributed by atoms with Gasteiger partial charge in [-0.05, 0) is 29.7 Å². The minimum atomic E-state index is -0.194. The highest BCUT2D eigenvalue weighted by Gasteiger charge is 2.16. The van der Waals surface area contributed by atoms with E-state index < -0.39 is 0 Å². The molecular weight excluding hydrogens is 326 g/mol. The van der Waals surface area contributed by atoms with E-state index in [4.69, 9.17) is 0 Å². The van der Waals surface area contributed by atoms with Gasteiger partial charge < -0.3 is 15.2 Å². The van der Waals surface area contributed by atoms with Crippen LogP contribution in [0.1, 0.15) is 18.1 Å². The summed E-state index contributed by atoms with van der Waals surface area (Å²) in [4.78, 5) is 29.4. The van der Waals surface area contributed by atoms with Crippen molar-refractivity contribution in [2.24, 2.45) is 0 Å². The van der Waals surface area contributed by atoms with Gasteiger partial charge in [0.15, 0.2) is 0 Å². The molecule has 5 heteroatoms. The maximum absolute atomic E-state index is 12.5. The minimum absolute atomic E-state index is 0.0270. The zero-order chi connectivity index (χ0) is 18.5. The average Bonchev–Trinajstić information content (AvgIpc) is 3.05. The van der Waals surface area contributed by atoms with E-state index in [-0.39, 0.29) is 24.8 Å². The number of nitrogens with one attached hydrogen (secondary N) is 2. The van der Waals surface area contributed by atoms with Crippen molar-refractivity contribution in [2.75, 3.05) is 18.9 Å². The van der Waals surface area contributed by atoms with Crippen molar-refractivity contribution in [3.05, 3.63) is 65.9 Å². The van der Waals surface area contributed by atoms with Crippen LogP contribution in [0.4, 0.5) is 5.69 Å². The maximum atomic E-state index is 12.5. The third kappa shape index (κ3) is 3.94. The molecule has 2 aromatic carbocycles. The van der Waals surface area contributed by atoms with E-state index in [2.05, 4.69) is 10.3 Å². The summed E-state index contributed by atoms with van der Waals surface area (Å²) in [5.41, 5.74) is 3.83. The number of benzene rings is 2. The molecule has 0 unspecified atom stereocenters. The second-order valence-corrected chi connectivity index (χ2v) is 6.34. The first kappa shape index (κ1) is 17.7. The van der Waals surface area contributed by atoms with Crippen LogP contribution >= 0.6 is 0 Å². The van der Waals surface area contributed by atoms with Crippen molar-refractivity contribution >= 4 is 28.4 Å². The molecule has 3 rings (SSSR count). The van der Waals surface area contributed by atoms with Crippen molar-refractivity contribution in [3.63, 3.8) is 0 Å². The first-order valence-electron chi connectivity index (χ1n) is 8.75. The summed E-state index contributed by atoms with van der Waals surface area (Å²) in [5, 5.41) is 3.93. The first-order valence-corrected chi connectivity index (χ1v) is 8.75. The van der Waals surface area contributed by atoms with Crippen LogP contribution in [0.3, 0.4) is 0 Å². The fraction of sp³-hybridized carbons (Fsp3) is 0.238. The number of aromatic nitrogens is 1. The number of fused-ring (bicyclic) bond motifs is 1. The molecule has 1 aromatic heterocycles. The highest BCUT2D eigenvalue weighted by molar-refractivity contribution is 5.96. The quantitative estimate of drug-likeness (QED) is 0.716. The van der Waals surface area contributed by atoms with E-state index >= 15 is 0 Å². The molecule has 0 radical (unpaired) electrons. The molecule has 134 valence electrons. The van der Waals surface area contributed by atoms with Crippen LogP contribution in [0.5, 0.6) is 0 Å². The Morgan fingerprint density at radius 3 is 2.58 bits per heavy atom. The van der Waals surface area contributed by atoms with Gasteiger partial charge in [0.05, 0.1) is 13.0 Å². The summed E-state index contributed by atoms with van der Waals surface area (Å²) < 4.78 is 0. The summed E-state index contributed by atoms with van der Waals surface area (Å²) in [6.07, 6.45) is 2.96. The Hall–Kier alpha value is -3.08. The van der Waals surface area contributed by atoms with E-state index in [9.17, 15) is 9.59 Å². The van der Waals surface area contributed by atoms with Crippen LogP contribution in [0.25, 0.3) is 10.9 Å². The Morgan fingerprint density at radius 2 is 1.77 bits per heavy atom. The Balaban J connectivity index is 1.61. The summed E-state index contributed by atoms with van der Waals surface area (Å²) in [5.74, 6) is -0.283. The molecule has 0 aliphatic heterocycles. The third-order valence-electron chi connectivity index (χ3n) is 4.50. The summed E-state index contributed by atoms with van der Waals surface area (Å²) in [6, 6.07) is 15.6. The number of nitrogens with zero attached hydrogens (tertiary/aromatic N) is 1. The molecule has 0 aliphatic carbocycles. The van der Waals surface area contributed by atoms with E-state index in [0.29, 0.717) is 0 Å². The summed E-state index contributed by atoms with van der Waals surface area (Å²) in [6.45, 7) is 2.07. The molecule has 0 spiro atoms. The van der Waals surface area contributed by atoms with Crippen molar-refractivity contribution in [1.82, 2.24) is 9.88 Å². The van der Waals surface area contributed by atoms with Crippen LogP contribution in [0.2, 0.25) is 0 Å². The predicted octanol–water partition coefficient (Wildman–Crippen LogP) is 3.37. The molecule has 0 fully saturated rings. The van der Waals surface area contributed by atoms with Gasteiger partial charge in [0, 0.05) is 29.8 Å². The Kier molecular flexibility index (Phi) is 5.37. The first-order chi connectivity index (χ1) is 12.6. The molecule has 5 nitrogen and oxygen atoms in total. The number of anilines is 1. The van der Waals surface area contributed by atoms with Crippen molar-refractivity contribution in [2.45, 2.75) is 19.8 Å². The fourth-order valence-corrected chi connectivity index (χ4v) is 3.02. The van der Waals surface area contributed by atoms with Gasteiger partial charge in [-0.2, -0.15) is 0 Å². The topological polar surface area (TPSA) is 65.2 Å². The van der Waals surface area contributed by atoms with Crippen LogP contribution < -0.4 is 5.32 Å². The molecule has 0 aliphatic rings. The molecule has 2 amide bonds. The SMILES string of the molecule is CCc1ccccc1NC(=O)CN(C)C(=O)Cc1c[nH]c2ccccc12. The lowest BCUT2D eigenvalue weighted by Crippen LogP contribution is -2.35. The number of carbonyl (C=O) groups excluding carboxylic acids is 2.